The summed E-state index contributed by atoms with van der Waals surface area (Å²) >= 11 is 0. The van der Waals surface area contributed by atoms with E-state index in [4.69, 9.17) is 0 Å². The van der Waals surface area contributed by atoms with Crippen LogP contribution in [0.2, 0.25) is 0 Å². The highest BCUT2D eigenvalue weighted by Crippen LogP contribution is 2.15. The maximum Gasteiger partial charge on any atom is 0.223 e. The SMILES string of the molecule is Cc1ccnc(NC2CCCN(CCCc3ccccc3)C2)n1. The van der Waals surface area contributed by atoms with Gasteiger partial charge in [0.25, 0.3) is 0 Å². The van der Waals surface area contributed by atoms with Gasteiger partial charge in [0.2, 0.25) is 5.95 Å². The van der Waals surface area contributed by atoms with Gasteiger partial charge in [0.05, 0.1) is 0 Å². The summed E-state index contributed by atoms with van der Waals surface area (Å²) in [6.45, 7) is 5.47. The van der Waals surface area contributed by atoms with Crippen LogP contribution in [-0.2, 0) is 6.42 Å². The van der Waals surface area contributed by atoms with Crippen LogP contribution in [0.25, 0.3) is 0 Å². The Hall–Kier alpha value is -1.94. The lowest BCUT2D eigenvalue weighted by Gasteiger charge is -2.33. The number of benzene rings is 1. The maximum atomic E-state index is 4.45. The molecule has 2 heterocycles. The summed E-state index contributed by atoms with van der Waals surface area (Å²) in [5, 5.41) is 3.50. The monoisotopic (exact) mass is 310 g/mol. The largest absolute Gasteiger partial charge is 0.350 e. The topological polar surface area (TPSA) is 41.1 Å². The van der Waals surface area contributed by atoms with Crippen LogP contribution in [-0.4, -0.2) is 40.5 Å². The van der Waals surface area contributed by atoms with Crippen molar-refractivity contribution >= 4 is 5.95 Å². The summed E-state index contributed by atoms with van der Waals surface area (Å²) < 4.78 is 0. The average Bonchev–Trinajstić information content (AvgIpc) is 2.56. The minimum Gasteiger partial charge on any atom is -0.350 e. The molecule has 122 valence electrons. The molecule has 1 aliphatic rings. The maximum absolute atomic E-state index is 4.45. The molecule has 4 heteroatoms. The molecule has 1 fully saturated rings. The first-order valence-corrected chi connectivity index (χ1v) is 8.62. The molecule has 0 spiro atoms. The van der Waals surface area contributed by atoms with Crippen LogP contribution in [0, 0.1) is 6.92 Å². The van der Waals surface area contributed by atoms with E-state index in [1.807, 2.05) is 19.2 Å². The van der Waals surface area contributed by atoms with Crippen molar-refractivity contribution in [2.24, 2.45) is 0 Å². The number of likely N-dealkylation sites (tertiary alicyclic amines) is 1. The quantitative estimate of drug-likeness (QED) is 0.889. The minimum absolute atomic E-state index is 0.460. The highest BCUT2D eigenvalue weighted by Gasteiger charge is 2.20. The number of aryl methyl sites for hydroxylation is 2. The summed E-state index contributed by atoms with van der Waals surface area (Å²) in [6.07, 6.45) is 6.65. The molecule has 1 aromatic carbocycles. The fourth-order valence-corrected chi connectivity index (χ4v) is 3.23. The Morgan fingerprint density at radius 2 is 2.09 bits per heavy atom. The van der Waals surface area contributed by atoms with Crippen LogP contribution >= 0.6 is 0 Å². The van der Waals surface area contributed by atoms with E-state index in [1.54, 1.807) is 0 Å². The average molecular weight is 310 g/mol. The van der Waals surface area contributed by atoms with E-state index in [0.717, 1.165) is 24.6 Å². The van der Waals surface area contributed by atoms with Gasteiger partial charge in [-0.15, -0.1) is 0 Å². The van der Waals surface area contributed by atoms with Crippen molar-refractivity contribution in [2.75, 3.05) is 25.0 Å². The fourth-order valence-electron chi connectivity index (χ4n) is 3.23. The number of nitrogens with one attached hydrogen (secondary N) is 1. The number of anilines is 1. The lowest BCUT2D eigenvalue weighted by atomic mass is 10.0. The van der Waals surface area contributed by atoms with Crippen molar-refractivity contribution in [3.05, 3.63) is 53.9 Å². The van der Waals surface area contributed by atoms with Gasteiger partial charge in [-0.1, -0.05) is 30.3 Å². The Balaban J connectivity index is 1.44. The van der Waals surface area contributed by atoms with Crippen LogP contribution in [0.5, 0.6) is 0 Å². The van der Waals surface area contributed by atoms with E-state index in [-0.39, 0.29) is 0 Å². The summed E-state index contributed by atoms with van der Waals surface area (Å²) in [5.74, 6) is 0.765. The third-order valence-corrected chi connectivity index (χ3v) is 4.42. The van der Waals surface area contributed by atoms with Gasteiger partial charge in [-0.05, 0) is 57.3 Å². The van der Waals surface area contributed by atoms with E-state index in [1.165, 1.54) is 37.9 Å². The number of aromatic nitrogens is 2. The molecule has 0 saturated carbocycles. The molecular weight excluding hydrogens is 284 g/mol. The van der Waals surface area contributed by atoms with Crippen LogP contribution < -0.4 is 5.32 Å². The normalized spacial score (nSPS) is 18.7. The summed E-state index contributed by atoms with van der Waals surface area (Å²) in [5.41, 5.74) is 2.45. The van der Waals surface area contributed by atoms with Gasteiger partial charge in [-0.2, -0.15) is 0 Å². The molecule has 4 nitrogen and oxygen atoms in total. The molecule has 1 unspecified atom stereocenters. The van der Waals surface area contributed by atoms with Crippen LogP contribution in [0.3, 0.4) is 0 Å². The fraction of sp³-hybridized carbons (Fsp3) is 0.474. The molecule has 1 saturated heterocycles. The lowest BCUT2D eigenvalue weighted by molar-refractivity contribution is 0.214. The van der Waals surface area contributed by atoms with E-state index < -0.39 is 0 Å². The smallest absolute Gasteiger partial charge is 0.223 e. The van der Waals surface area contributed by atoms with Gasteiger partial charge in [0.1, 0.15) is 0 Å². The predicted octanol–water partition coefficient (Wildman–Crippen LogP) is 3.29. The molecular formula is C19H26N4. The molecule has 0 amide bonds. The van der Waals surface area contributed by atoms with E-state index in [9.17, 15) is 0 Å². The summed E-state index contributed by atoms with van der Waals surface area (Å²) in [4.78, 5) is 11.3. The Labute approximate surface area is 139 Å². The number of hydrogen-bond donors (Lipinski definition) is 1. The Morgan fingerprint density at radius 3 is 2.91 bits per heavy atom. The molecule has 1 N–H and O–H groups in total. The molecule has 23 heavy (non-hydrogen) atoms. The molecule has 0 bridgehead atoms. The zero-order chi connectivity index (χ0) is 15.9. The van der Waals surface area contributed by atoms with Gasteiger partial charge in [0, 0.05) is 24.5 Å². The minimum atomic E-state index is 0.460. The Morgan fingerprint density at radius 1 is 1.22 bits per heavy atom. The number of rotatable bonds is 6. The molecule has 2 aromatic rings. The second-order valence-corrected chi connectivity index (χ2v) is 6.39. The third-order valence-electron chi connectivity index (χ3n) is 4.42. The first kappa shape index (κ1) is 15.9. The van der Waals surface area contributed by atoms with Crippen molar-refractivity contribution in [3.8, 4) is 0 Å². The van der Waals surface area contributed by atoms with Crippen LogP contribution in [0.15, 0.2) is 42.6 Å². The van der Waals surface area contributed by atoms with E-state index in [2.05, 4.69) is 50.5 Å². The third kappa shape index (κ3) is 5.03. The van der Waals surface area contributed by atoms with Crippen LogP contribution in [0.4, 0.5) is 5.95 Å². The highest BCUT2D eigenvalue weighted by molar-refractivity contribution is 5.26. The van der Waals surface area contributed by atoms with E-state index in [0.29, 0.717) is 6.04 Å². The highest BCUT2D eigenvalue weighted by atomic mass is 15.2. The van der Waals surface area contributed by atoms with Crippen molar-refractivity contribution < 1.29 is 0 Å². The summed E-state index contributed by atoms with van der Waals surface area (Å²) in [7, 11) is 0. The number of nitrogens with zero attached hydrogens (tertiary/aromatic N) is 3. The van der Waals surface area contributed by atoms with Crippen molar-refractivity contribution in [2.45, 2.75) is 38.6 Å². The lowest BCUT2D eigenvalue weighted by Crippen LogP contribution is -2.42. The van der Waals surface area contributed by atoms with Crippen molar-refractivity contribution in [1.82, 2.24) is 14.9 Å². The first-order chi connectivity index (χ1) is 11.3. The molecule has 0 radical (unpaired) electrons. The van der Waals surface area contributed by atoms with E-state index >= 15 is 0 Å². The van der Waals surface area contributed by atoms with Gasteiger partial charge in [0.15, 0.2) is 0 Å². The van der Waals surface area contributed by atoms with Crippen LogP contribution in [0.1, 0.15) is 30.5 Å². The van der Waals surface area contributed by atoms with Gasteiger partial charge in [-0.25, -0.2) is 9.97 Å². The number of hydrogen-bond acceptors (Lipinski definition) is 4. The zero-order valence-electron chi connectivity index (χ0n) is 13.9. The standard InChI is InChI=1S/C19H26N4/c1-16-11-12-20-19(21-16)22-18-10-6-14-23(15-18)13-5-9-17-7-3-2-4-8-17/h2-4,7-8,11-12,18H,5-6,9-10,13-15H2,1H3,(H,20,21,22). The molecule has 1 aliphatic heterocycles. The second-order valence-electron chi connectivity index (χ2n) is 6.39. The molecule has 1 atom stereocenters. The van der Waals surface area contributed by atoms with Gasteiger partial charge in [-0.3, -0.25) is 0 Å². The number of piperidine rings is 1. The van der Waals surface area contributed by atoms with Crippen molar-refractivity contribution in [1.29, 1.82) is 0 Å². The Bertz CT molecular complexity index is 599. The first-order valence-electron chi connectivity index (χ1n) is 8.62. The summed E-state index contributed by atoms with van der Waals surface area (Å²) in [6, 6.07) is 13.2. The van der Waals surface area contributed by atoms with Gasteiger partial charge < -0.3 is 10.2 Å². The zero-order valence-corrected chi connectivity index (χ0v) is 13.9. The predicted molar refractivity (Wildman–Crippen MR) is 94.6 cm³/mol. The molecule has 1 aromatic heterocycles. The molecule has 0 aliphatic carbocycles. The van der Waals surface area contributed by atoms with Gasteiger partial charge >= 0.3 is 0 Å². The second kappa shape index (κ2) is 8.06. The molecule has 3 rings (SSSR count). The van der Waals surface area contributed by atoms with Crippen molar-refractivity contribution in [3.63, 3.8) is 0 Å². The Kier molecular flexibility index (Phi) is 5.59.